The fraction of sp³-hybridized carbons (Fsp3) is 0.273. The third kappa shape index (κ3) is 3.18. The van der Waals surface area contributed by atoms with Crippen molar-refractivity contribution in [1.82, 2.24) is 0 Å². The van der Waals surface area contributed by atoms with Crippen molar-refractivity contribution in [3.8, 4) is 0 Å². The van der Waals surface area contributed by atoms with E-state index in [4.69, 9.17) is 5.11 Å². The first kappa shape index (κ1) is 11.4. The number of Topliss-reactive ketones (excluding diaryl/α,β-unsaturated/α-hetero) is 1. The molecule has 4 heteroatoms. The van der Waals surface area contributed by atoms with Crippen LogP contribution in [-0.4, -0.2) is 23.4 Å². The molecule has 1 unspecified atom stereocenters. The average molecular weight is 207 g/mol. The highest BCUT2D eigenvalue weighted by molar-refractivity contribution is 6.06. The summed E-state index contributed by atoms with van der Waals surface area (Å²) in [5, 5.41) is 11.4. The number of nitrogens with one attached hydrogen (secondary N) is 1. The monoisotopic (exact) mass is 207 g/mol. The smallest absolute Gasteiger partial charge is 0.237 e. The van der Waals surface area contributed by atoms with E-state index in [1.165, 1.54) is 6.92 Å². The Morgan fingerprint density at radius 1 is 1.33 bits per heavy atom. The molecule has 2 N–H and O–H groups in total. The number of hydrogen-bond acceptors (Lipinski definition) is 3. The number of anilines is 1. The Labute approximate surface area is 87.9 Å². The average Bonchev–Trinajstić information content (AvgIpc) is 2.19. The third-order valence-corrected chi connectivity index (χ3v) is 2.03. The summed E-state index contributed by atoms with van der Waals surface area (Å²) in [6, 6.07) is 8.80. The largest absolute Gasteiger partial charge is 0.395 e. The lowest BCUT2D eigenvalue weighted by Gasteiger charge is -2.10. The predicted molar refractivity (Wildman–Crippen MR) is 56.3 cm³/mol. The lowest BCUT2D eigenvalue weighted by Crippen LogP contribution is -2.30. The van der Waals surface area contributed by atoms with Crippen molar-refractivity contribution >= 4 is 17.4 Å². The summed E-state index contributed by atoms with van der Waals surface area (Å²) in [6.07, 6.45) is 0. The second kappa shape index (κ2) is 5.26. The highest BCUT2D eigenvalue weighted by atomic mass is 16.3. The molecule has 0 aliphatic carbocycles. The summed E-state index contributed by atoms with van der Waals surface area (Å²) in [5.74, 6) is -1.80. The number of aliphatic hydroxyl groups is 1. The molecule has 1 aromatic carbocycles. The minimum Gasteiger partial charge on any atom is -0.395 e. The van der Waals surface area contributed by atoms with Gasteiger partial charge in [-0.25, -0.2) is 0 Å². The molecule has 80 valence electrons. The van der Waals surface area contributed by atoms with Gasteiger partial charge < -0.3 is 10.4 Å². The SMILES string of the molecule is CC(=O)C(CO)C(=O)Nc1ccccc1. The van der Waals surface area contributed by atoms with Gasteiger partial charge in [-0.3, -0.25) is 9.59 Å². The van der Waals surface area contributed by atoms with Gasteiger partial charge in [0.05, 0.1) is 6.61 Å². The minimum absolute atomic E-state index is 0.342. The molecule has 0 aliphatic rings. The van der Waals surface area contributed by atoms with Crippen LogP contribution in [-0.2, 0) is 9.59 Å². The van der Waals surface area contributed by atoms with Crippen LogP contribution in [0.5, 0.6) is 0 Å². The summed E-state index contributed by atoms with van der Waals surface area (Å²) in [6.45, 7) is 0.819. The van der Waals surface area contributed by atoms with Crippen LogP contribution in [0.1, 0.15) is 6.92 Å². The van der Waals surface area contributed by atoms with Crippen LogP contribution in [0.15, 0.2) is 30.3 Å². The van der Waals surface area contributed by atoms with E-state index in [0.717, 1.165) is 0 Å². The summed E-state index contributed by atoms with van der Waals surface area (Å²) in [7, 11) is 0. The molecular formula is C11H13NO3. The van der Waals surface area contributed by atoms with Gasteiger partial charge in [0.2, 0.25) is 5.91 Å². The molecular weight excluding hydrogens is 194 g/mol. The number of rotatable bonds is 4. The Morgan fingerprint density at radius 2 is 1.93 bits per heavy atom. The van der Waals surface area contributed by atoms with E-state index in [1.807, 2.05) is 6.07 Å². The van der Waals surface area contributed by atoms with E-state index >= 15 is 0 Å². The molecule has 0 aromatic heterocycles. The number of carbonyl (C=O) groups excluding carboxylic acids is 2. The molecule has 0 saturated carbocycles. The zero-order valence-corrected chi connectivity index (χ0v) is 8.43. The first-order valence-electron chi connectivity index (χ1n) is 4.62. The van der Waals surface area contributed by atoms with Gasteiger partial charge in [0.15, 0.2) is 0 Å². The van der Waals surface area contributed by atoms with Gasteiger partial charge in [0.25, 0.3) is 0 Å². The molecule has 1 atom stereocenters. The number of amides is 1. The maximum atomic E-state index is 11.5. The van der Waals surface area contributed by atoms with Crippen molar-refractivity contribution in [3.05, 3.63) is 30.3 Å². The fourth-order valence-electron chi connectivity index (χ4n) is 1.15. The third-order valence-electron chi connectivity index (χ3n) is 2.03. The first-order chi connectivity index (χ1) is 7.15. The molecule has 1 rings (SSSR count). The lowest BCUT2D eigenvalue weighted by molar-refractivity contribution is -0.131. The Balaban J connectivity index is 2.66. The molecule has 1 amide bonds. The molecule has 0 bridgehead atoms. The molecule has 1 aromatic rings. The second-order valence-corrected chi connectivity index (χ2v) is 3.20. The zero-order chi connectivity index (χ0) is 11.3. The molecule has 0 spiro atoms. The van der Waals surface area contributed by atoms with Crippen molar-refractivity contribution in [2.24, 2.45) is 5.92 Å². The van der Waals surface area contributed by atoms with Crippen molar-refractivity contribution in [1.29, 1.82) is 0 Å². The van der Waals surface area contributed by atoms with E-state index in [2.05, 4.69) is 5.32 Å². The highest BCUT2D eigenvalue weighted by Gasteiger charge is 2.21. The van der Waals surface area contributed by atoms with E-state index in [9.17, 15) is 9.59 Å². The van der Waals surface area contributed by atoms with E-state index < -0.39 is 18.4 Å². The maximum absolute atomic E-state index is 11.5. The van der Waals surface area contributed by atoms with Crippen molar-refractivity contribution < 1.29 is 14.7 Å². The van der Waals surface area contributed by atoms with Crippen LogP contribution in [0.3, 0.4) is 0 Å². The van der Waals surface area contributed by atoms with E-state index in [1.54, 1.807) is 24.3 Å². The van der Waals surface area contributed by atoms with Gasteiger partial charge in [0.1, 0.15) is 11.7 Å². The van der Waals surface area contributed by atoms with Crippen molar-refractivity contribution in [2.45, 2.75) is 6.92 Å². The summed E-state index contributed by atoms with van der Waals surface area (Å²) in [5.41, 5.74) is 0.613. The number of para-hydroxylation sites is 1. The molecule has 0 fully saturated rings. The molecule has 15 heavy (non-hydrogen) atoms. The Morgan fingerprint density at radius 3 is 2.40 bits per heavy atom. The van der Waals surface area contributed by atoms with Crippen LogP contribution in [0.4, 0.5) is 5.69 Å². The first-order valence-corrected chi connectivity index (χ1v) is 4.62. The summed E-state index contributed by atoms with van der Waals surface area (Å²) in [4.78, 5) is 22.5. The van der Waals surface area contributed by atoms with Gasteiger partial charge in [0, 0.05) is 5.69 Å². The fourth-order valence-corrected chi connectivity index (χ4v) is 1.15. The molecule has 0 saturated heterocycles. The summed E-state index contributed by atoms with van der Waals surface area (Å²) < 4.78 is 0. The van der Waals surface area contributed by atoms with Gasteiger partial charge in [-0.05, 0) is 19.1 Å². The van der Waals surface area contributed by atoms with Crippen LogP contribution in [0.2, 0.25) is 0 Å². The molecule has 4 nitrogen and oxygen atoms in total. The Bertz CT molecular complexity index is 348. The highest BCUT2D eigenvalue weighted by Crippen LogP contribution is 2.08. The van der Waals surface area contributed by atoms with Gasteiger partial charge in [-0.2, -0.15) is 0 Å². The van der Waals surface area contributed by atoms with Crippen LogP contribution >= 0.6 is 0 Å². The predicted octanol–water partition coefficient (Wildman–Crippen LogP) is 0.823. The molecule has 0 aliphatic heterocycles. The van der Waals surface area contributed by atoms with Crippen molar-refractivity contribution in [2.75, 3.05) is 11.9 Å². The van der Waals surface area contributed by atoms with Gasteiger partial charge >= 0.3 is 0 Å². The zero-order valence-electron chi connectivity index (χ0n) is 8.43. The summed E-state index contributed by atoms with van der Waals surface area (Å²) >= 11 is 0. The van der Waals surface area contributed by atoms with Crippen LogP contribution in [0, 0.1) is 5.92 Å². The number of hydrogen-bond donors (Lipinski definition) is 2. The van der Waals surface area contributed by atoms with E-state index in [0.29, 0.717) is 5.69 Å². The Hall–Kier alpha value is -1.68. The van der Waals surface area contributed by atoms with E-state index in [-0.39, 0.29) is 5.78 Å². The standard InChI is InChI=1S/C11H13NO3/c1-8(14)10(7-13)11(15)12-9-5-3-2-4-6-9/h2-6,10,13H,7H2,1H3,(H,12,15). The number of aliphatic hydroxyl groups excluding tert-OH is 1. The van der Waals surface area contributed by atoms with Crippen LogP contribution in [0.25, 0.3) is 0 Å². The van der Waals surface area contributed by atoms with Gasteiger partial charge in [-0.1, -0.05) is 18.2 Å². The maximum Gasteiger partial charge on any atom is 0.237 e. The second-order valence-electron chi connectivity index (χ2n) is 3.20. The topological polar surface area (TPSA) is 66.4 Å². The number of carbonyl (C=O) groups is 2. The molecule has 0 radical (unpaired) electrons. The Kier molecular flexibility index (Phi) is 4.00. The number of ketones is 1. The van der Waals surface area contributed by atoms with Crippen molar-refractivity contribution in [3.63, 3.8) is 0 Å². The van der Waals surface area contributed by atoms with Gasteiger partial charge in [-0.15, -0.1) is 0 Å². The lowest BCUT2D eigenvalue weighted by atomic mass is 10.1. The normalized spacial score (nSPS) is 11.9. The van der Waals surface area contributed by atoms with Crippen LogP contribution < -0.4 is 5.32 Å². The number of benzene rings is 1. The quantitative estimate of drug-likeness (QED) is 0.718. The minimum atomic E-state index is -0.981. The molecule has 0 heterocycles.